The quantitative estimate of drug-likeness (QED) is 0.543. The number of carbonyl (C=O) groups excluding carboxylic acids is 1. The maximum absolute atomic E-state index is 13.9. The number of aromatic nitrogens is 1. The van der Waals surface area contributed by atoms with E-state index in [-0.39, 0.29) is 12.3 Å². The lowest BCUT2D eigenvalue weighted by molar-refractivity contribution is -0.0498. The second kappa shape index (κ2) is 6.92. The highest BCUT2D eigenvalue weighted by molar-refractivity contribution is 6.17. The lowest BCUT2D eigenvalue weighted by Gasteiger charge is -2.10. The normalized spacial score (nSPS) is 11.4. The molecule has 0 saturated carbocycles. The first-order chi connectivity index (χ1) is 13.4. The molecule has 4 nitrogen and oxygen atoms in total. The largest absolute Gasteiger partial charge is 0.435 e. The number of hydrogen-bond donors (Lipinski definition) is 1. The monoisotopic (exact) mass is 384 g/mol. The Kier molecular flexibility index (Phi) is 4.43. The Morgan fingerprint density at radius 1 is 1.04 bits per heavy atom. The van der Waals surface area contributed by atoms with Gasteiger partial charge in [0, 0.05) is 22.9 Å². The van der Waals surface area contributed by atoms with Crippen molar-refractivity contribution < 1.29 is 22.7 Å². The Morgan fingerprint density at radius 2 is 1.82 bits per heavy atom. The molecular weight excluding hydrogens is 369 g/mol. The maximum atomic E-state index is 13.9. The first-order valence-corrected chi connectivity index (χ1v) is 8.48. The highest BCUT2D eigenvalue weighted by atomic mass is 19.3. The molecule has 0 radical (unpaired) electrons. The standard InChI is InChI=1S/C21H15F3N2O2/c22-13-7-8-15-18(10-13)26(17-6-2-5-16(19(15)17)20(25)27)11-12-3-1-4-14(9-12)28-21(23)24/h1-10,21H,11H2,(H2,25,27). The van der Waals surface area contributed by atoms with Gasteiger partial charge >= 0.3 is 6.61 Å². The van der Waals surface area contributed by atoms with E-state index < -0.39 is 18.3 Å². The number of carbonyl (C=O) groups is 1. The Morgan fingerprint density at radius 3 is 2.57 bits per heavy atom. The molecule has 0 fully saturated rings. The minimum Gasteiger partial charge on any atom is -0.435 e. The first-order valence-electron chi connectivity index (χ1n) is 8.48. The molecule has 0 aliphatic rings. The number of nitrogens with zero attached hydrogens (tertiary/aromatic N) is 1. The van der Waals surface area contributed by atoms with Crippen LogP contribution < -0.4 is 10.5 Å². The number of ether oxygens (including phenoxy) is 1. The molecule has 0 aliphatic heterocycles. The number of rotatable bonds is 5. The van der Waals surface area contributed by atoms with Gasteiger partial charge in [0.25, 0.3) is 0 Å². The average Bonchev–Trinajstić information content (AvgIpc) is 2.94. The van der Waals surface area contributed by atoms with Gasteiger partial charge in [0.1, 0.15) is 11.6 Å². The maximum Gasteiger partial charge on any atom is 0.387 e. The minimum absolute atomic E-state index is 0.0391. The third-order valence-corrected chi connectivity index (χ3v) is 4.58. The van der Waals surface area contributed by atoms with Gasteiger partial charge in [-0.1, -0.05) is 18.2 Å². The van der Waals surface area contributed by atoms with Crippen molar-refractivity contribution in [3.8, 4) is 5.75 Å². The predicted octanol–water partition coefficient (Wildman–Crippen LogP) is 4.68. The lowest BCUT2D eigenvalue weighted by Crippen LogP contribution is -2.11. The van der Waals surface area contributed by atoms with E-state index in [1.165, 1.54) is 24.3 Å². The fourth-order valence-corrected chi connectivity index (χ4v) is 3.50. The summed E-state index contributed by atoms with van der Waals surface area (Å²) in [6.45, 7) is -2.65. The molecule has 3 aromatic carbocycles. The number of hydrogen-bond acceptors (Lipinski definition) is 2. The predicted molar refractivity (Wildman–Crippen MR) is 100 cm³/mol. The summed E-state index contributed by atoms with van der Waals surface area (Å²) in [6, 6.07) is 15.7. The SMILES string of the molecule is NC(=O)c1cccc2c1c1ccc(F)cc1n2Cc1cccc(OC(F)F)c1. The van der Waals surface area contributed by atoms with Gasteiger partial charge in [-0.15, -0.1) is 0 Å². The zero-order valence-corrected chi connectivity index (χ0v) is 14.5. The number of alkyl halides is 2. The van der Waals surface area contributed by atoms with Crippen LogP contribution in [0.25, 0.3) is 21.8 Å². The van der Waals surface area contributed by atoms with E-state index in [4.69, 9.17) is 5.73 Å². The lowest BCUT2D eigenvalue weighted by atomic mass is 10.1. The summed E-state index contributed by atoms with van der Waals surface area (Å²) >= 11 is 0. The zero-order chi connectivity index (χ0) is 19.8. The van der Waals surface area contributed by atoms with Crippen LogP contribution in [0.5, 0.6) is 5.75 Å². The van der Waals surface area contributed by atoms with Crippen molar-refractivity contribution in [2.24, 2.45) is 5.73 Å². The molecule has 0 bridgehead atoms. The van der Waals surface area contributed by atoms with E-state index in [0.29, 0.717) is 32.9 Å². The van der Waals surface area contributed by atoms with Crippen molar-refractivity contribution in [3.05, 3.63) is 77.6 Å². The third kappa shape index (κ3) is 3.15. The van der Waals surface area contributed by atoms with E-state index in [1.54, 1.807) is 36.4 Å². The molecule has 28 heavy (non-hydrogen) atoms. The topological polar surface area (TPSA) is 57.2 Å². The van der Waals surface area contributed by atoms with Crippen molar-refractivity contribution in [3.63, 3.8) is 0 Å². The van der Waals surface area contributed by atoms with Crippen molar-refractivity contribution in [1.82, 2.24) is 4.57 Å². The molecule has 7 heteroatoms. The second-order valence-corrected chi connectivity index (χ2v) is 6.34. The van der Waals surface area contributed by atoms with Gasteiger partial charge in [-0.2, -0.15) is 8.78 Å². The van der Waals surface area contributed by atoms with Crippen LogP contribution in [0.4, 0.5) is 13.2 Å². The van der Waals surface area contributed by atoms with Crippen molar-refractivity contribution in [2.45, 2.75) is 13.2 Å². The van der Waals surface area contributed by atoms with Gasteiger partial charge in [-0.3, -0.25) is 4.79 Å². The summed E-state index contributed by atoms with van der Waals surface area (Å²) in [6.07, 6.45) is 0. The van der Waals surface area contributed by atoms with Crippen LogP contribution in [-0.4, -0.2) is 17.1 Å². The Balaban J connectivity index is 1.92. The number of fused-ring (bicyclic) bond motifs is 3. The summed E-state index contributed by atoms with van der Waals surface area (Å²) in [5.41, 5.74) is 7.81. The third-order valence-electron chi connectivity index (χ3n) is 4.58. The van der Waals surface area contributed by atoms with Crippen LogP contribution in [0.2, 0.25) is 0 Å². The molecule has 0 aliphatic carbocycles. The molecule has 1 aromatic heterocycles. The van der Waals surface area contributed by atoms with E-state index in [9.17, 15) is 18.0 Å². The number of halogens is 3. The van der Waals surface area contributed by atoms with Crippen molar-refractivity contribution >= 4 is 27.7 Å². The summed E-state index contributed by atoms with van der Waals surface area (Å²) < 4.78 is 45.2. The summed E-state index contributed by atoms with van der Waals surface area (Å²) in [5.74, 6) is -0.967. The summed E-state index contributed by atoms with van der Waals surface area (Å²) in [7, 11) is 0. The van der Waals surface area contributed by atoms with Gasteiger partial charge in [-0.25, -0.2) is 4.39 Å². The first kappa shape index (κ1) is 17.9. The van der Waals surface area contributed by atoms with Gasteiger partial charge in [0.05, 0.1) is 11.0 Å². The smallest absolute Gasteiger partial charge is 0.387 e. The summed E-state index contributed by atoms with van der Waals surface area (Å²) in [5, 5.41) is 1.32. The molecule has 0 unspecified atom stereocenters. The van der Waals surface area contributed by atoms with Crippen LogP contribution in [-0.2, 0) is 6.54 Å². The zero-order valence-electron chi connectivity index (χ0n) is 14.5. The fraction of sp³-hybridized carbons (Fsp3) is 0.0952. The van der Waals surface area contributed by atoms with Crippen LogP contribution in [0.3, 0.4) is 0 Å². The molecular formula is C21H15F3N2O2. The number of nitrogens with two attached hydrogens (primary N) is 1. The Bertz CT molecular complexity index is 1200. The van der Waals surface area contributed by atoms with Crippen LogP contribution in [0.15, 0.2) is 60.7 Å². The highest BCUT2D eigenvalue weighted by Gasteiger charge is 2.17. The molecule has 0 atom stereocenters. The summed E-state index contributed by atoms with van der Waals surface area (Å²) in [4.78, 5) is 11.9. The van der Waals surface area contributed by atoms with Crippen molar-refractivity contribution in [1.29, 1.82) is 0 Å². The van der Waals surface area contributed by atoms with Gasteiger partial charge < -0.3 is 15.0 Å². The van der Waals surface area contributed by atoms with Gasteiger partial charge in [-0.05, 0) is 48.0 Å². The van der Waals surface area contributed by atoms with Gasteiger partial charge in [0.15, 0.2) is 0 Å². The van der Waals surface area contributed by atoms with Crippen LogP contribution in [0.1, 0.15) is 15.9 Å². The van der Waals surface area contributed by atoms with E-state index >= 15 is 0 Å². The average molecular weight is 384 g/mol. The number of benzene rings is 3. The Hall–Kier alpha value is -3.48. The van der Waals surface area contributed by atoms with E-state index in [2.05, 4.69) is 4.74 Å². The van der Waals surface area contributed by atoms with Crippen LogP contribution >= 0.6 is 0 Å². The van der Waals surface area contributed by atoms with Gasteiger partial charge in [0.2, 0.25) is 5.91 Å². The fourth-order valence-electron chi connectivity index (χ4n) is 3.50. The van der Waals surface area contributed by atoms with E-state index in [0.717, 1.165) is 0 Å². The van der Waals surface area contributed by atoms with Crippen LogP contribution in [0, 0.1) is 5.82 Å². The highest BCUT2D eigenvalue weighted by Crippen LogP contribution is 2.33. The molecule has 1 heterocycles. The number of primary amides is 1. The molecule has 4 rings (SSSR count). The molecule has 4 aromatic rings. The molecule has 0 saturated heterocycles. The minimum atomic E-state index is -2.92. The second-order valence-electron chi connectivity index (χ2n) is 6.34. The van der Waals surface area contributed by atoms with E-state index in [1.807, 2.05) is 4.57 Å². The molecule has 1 amide bonds. The molecule has 2 N–H and O–H groups in total. The van der Waals surface area contributed by atoms with Crippen molar-refractivity contribution in [2.75, 3.05) is 0 Å². The molecule has 142 valence electrons. The molecule has 0 spiro atoms. The Labute approximate surface area is 157 Å². The number of amides is 1.